The maximum atomic E-state index is 12.0. The van der Waals surface area contributed by atoms with Gasteiger partial charge in [-0.2, -0.15) is 5.10 Å². The summed E-state index contributed by atoms with van der Waals surface area (Å²) in [5.41, 5.74) is 4.14. The summed E-state index contributed by atoms with van der Waals surface area (Å²) in [6.07, 6.45) is 1.48. The molecule has 0 aromatic heterocycles. The summed E-state index contributed by atoms with van der Waals surface area (Å²) >= 11 is 17.8. The number of rotatable bonds is 9. The Kier molecular flexibility index (Phi) is 8.62. The monoisotopic (exact) mass is 492 g/mol. The smallest absolute Gasteiger partial charge is 0.277 e. The number of benzene rings is 3. The maximum Gasteiger partial charge on any atom is 0.277 e. The van der Waals surface area contributed by atoms with Crippen LogP contribution in [0.3, 0.4) is 0 Å². The number of halogens is 3. The van der Waals surface area contributed by atoms with Crippen molar-refractivity contribution >= 4 is 46.9 Å². The lowest BCUT2D eigenvalue weighted by atomic mass is 10.2. The summed E-state index contributed by atoms with van der Waals surface area (Å²) in [7, 11) is 1.55. The Morgan fingerprint density at radius 2 is 1.66 bits per heavy atom. The Hall–Kier alpha value is -2.93. The molecule has 0 fully saturated rings. The van der Waals surface area contributed by atoms with E-state index in [1.807, 2.05) is 30.3 Å². The first-order chi connectivity index (χ1) is 15.5. The fourth-order valence-corrected chi connectivity index (χ4v) is 3.18. The van der Waals surface area contributed by atoms with Crippen LogP contribution >= 0.6 is 34.8 Å². The highest BCUT2D eigenvalue weighted by molar-refractivity contribution is 6.43. The lowest BCUT2D eigenvalue weighted by Gasteiger charge is -2.11. The molecule has 0 bridgehead atoms. The zero-order valence-corrected chi connectivity index (χ0v) is 19.2. The molecule has 32 heavy (non-hydrogen) atoms. The van der Waals surface area contributed by atoms with Crippen LogP contribution in [0.1, 0.15) is 11.1 Å². The van der Waals surface area contributed by atoms with E-state index in [1.165, 1.54) is 18.3 Å². The van der Waals surface area contributed by atoms with Crippen molar-refractivity contribution in [2.24, 2.45) is 5.10 Å². The average Bonchev–Trinajstić information content (AvgIpc) is 2.80. The molecule has 0 saturated carbocycles. The molecule has 3 rings (SSSR count). The minimum Gasteiger partial charge on any atom is -0.493 e. The molecule has 1 amide bonds. The number of nitrogens with one attached hydrogen (secondary N) is 1. The van der Waals surface area contributed by atoms with Crippen molar-refractivity contribution in [1.29, 1.82) is 0 Å². The standard InChI is InChI=1S/C23H19Cl3N2O4/c1-30-22-9-16(7-8-20(22)31-13-15-5-3-2-4-6-15)12-27-28-23(29)14-32-21-11-18(25)17(24)10-19(21)26/h2-12H,13-14H2,1H3,(H,28,29). The number of nitrogens with zero attached hydrogens (tertiary/aromatic N) is 1. The maximum absolute atomic E-state index is 12.0. The van der Waals surface area contributed by atoms with Gasteiger partial charge in [-0.05, 0) is 35.4 Å². The van der Waals surface area contributed by atoms with Crippen molar-refractivity contribution in [3.05, 3.63) is 86.9 Å². The number of carbonyl (C=O) groups excluding carboxylic acids is 1. The predicted molar refractivity (Wildman–Crippen MR) is 126 cm³/mol. The van der Waals surface area contributed by atoms with Crippen molar-refractivity contribution in [1.82, 2.24) is 5.43 Å². The van der Waals surface area contributed by atoms with E-state index in [2.05, 4.69) is 10.5 Å². The molecule has 0 spiro atoms. The van der Waals surface area contributed by atoms with Gasteiger partial charge >= 0.3 is 0 Å². The highest BCUT2D eigenvalue weighted by Gasteiger charge is 2.09. The summed E-state index contributed by atoms with van der Waals surface area (Å²) in [4.78, 5) is 12.0. The predicted octanol–water partition coefficient (Wildman–Crippen LogP) is 5.76. The van der Waals surface area contributed by atoms with Crippen LogP contribution in [-0.4, -0.2) is 25.8 Å². The lowest BCUT2D eigenvalue weighted by molar-refractivity contribution is -0.123. The Morgan fingerprint density at radius 3 is 2.41 bits per heavy atom. The zero-order valence-electron chi connectivity index (χ0n) is 17.0. The van der Waals surface area contributed by atoms with E-state index in [9.17, 15) is 4.79 Å². The number of methoxy groups -OCH3 is 1. The molecule has 9 heteroatoms. The Bertz CT molecular complexity index is 1110. The van der Waals surface area contributed by atoms with Gasteiger partial charge < -0.3 is 14.2 Å². The van der Waals surface area contributed by atoms with Crippen molar-refractivity contribution in [2.75, 3.05) is 13.7 Å². The van der Waals surface area contributed by atoms with Crippen LogP contribution in [0.25, 0.3) is 0 Å². The number of ether oxygens (including phenoxy) is 3. The third kappa shape index (κ3) is 6.79. The summed E-state index contributed by atoms with van der Waals surface area (Å²) < 4.78 is 16.6. The van der Waals surface area contributed by atoms with Gasteiger partial charge in [0, 0.05) is 6.07 Å². The first-order valence-corrected chi connectivity index (χ1v) is 10.5. The van der Waals surface area contributed by atoms with Gasteiger partial charge in [0.1, 0.15) is 12.4 Å². The van der Waals surface area contributed by atoms with Gasteiger partial charge in [0.15, 0.2) is 18.1 Å². The summed E-state index contributed by atoms with van der Waals surface area (Å²) in [6.45, 7) is 0.119. The van der Waals surface area contributed by atoms with Gasteiger partial charge in [-0.3, -0.25) is 4.79 Å². The van der Waals surface area contributed by atoms with Crippen LogP contribution in [0.4, 0.5) is 0 Å². The van der Waals surface area contributed by atoms with Crippen LogP contribution in [-0.2, 0) is 11.4 Å². The molecule has 0 saturated heterocycles. The van der Waals surface area contributed by atoms with Crippen LogP contribution in [0, 0.1) is 0 Å². The normalized spacial score (nSPS) is 10.8. The molecule has 0 atom stereocenters. The van der Waals surface area contributed by atoms with Crippen LogP contribution in [0.5, 0.6) is 17.2 Å². The Morgan fingerprint density at radius 1 is 0.906 bits per heavy atom. The second-order valence-corrected chi connectivity index (χ2v) is 7.68. The number of hydrogen-bond acceptors (Lipinski definition) is 5. The number of hydrogen-bond donors (Lipinski definition) is 1. The van der Waals surface area contributed by atoms with E-state index in [-0.39, 0.29) is 22.4 Å². The van der Waals surface area contributed by atoms with Crippen LogP contribution in [0.15, 0.2) is 65.8 Å². The van der Waals surface area contributed by atoms with Crippen molar-refractivity contribution in [3.63, 3.8) is 0 Å². The topological polar surface area (TPSA) is 69.2 Å². The van der Waals surface area contributed by atoms with E-state index in [1.54, 1.807) is 25.3 Å². The van der Waals surface area contributed by atoms with E-state index in [0.29, 0.717) is 28.7 Å². The van der Waals surface area contributed by atoms with E-state index < -0.39 is 5.91 Å². The molecule has 0 aliphatic carbocycles. The summed E-state index contributed by atoms with van der Waals surface area (Å²) in [5, 5.41) is 4.74. The van der Waals surface area contributed by atoms with Gasteiger partial charge in [-0.1, -0.05) is 65.1 Å². The minimum atomic E-state index is -0.474. The minimum absolute atomic E-state index is 0.246. The Labute approximate surface area is 200 Å². The third-order valence-corrected chi connectivity index (χ3v) is 5.18. The molecule has 0 aliphatic heterocycles. The average molecular weight is 494 g/mol. The molecule has 0 unspecified atom stereocenters. The largest absolute Gasteiger partial charge is 0.493 e. The molecule has 1 N–H and O–H groups in total. The second-order valence-electron chi connectivity index (χ2n) is 6.46. The molecule has 0 radical (unpaired) electrons. The molecular formula is C23H19Cl3N2O4. The molecule has 166 valence electrons. The number of hydrazone groups is 1. The quantitative estimate of drug-likeness (QED) is 0.234. The number of amides is 1. The first-order valence-electron chi connectivity index (χ1n) is 9.40. The van der Waals surface area contributed by atoms with Crippen LogP contribution < -0.4 is 19.6 Å². The van der Waals surface area contributed by atoms with Gasteiger partial charge in [-0.25, -0.2) is 5.43 Å². The second kappa shape index (κ2) is 11.6. The highest BCUT2D eigenvalue weighted by atomic mass is 35.5. The van der Waals surface area contributed by atoms with Crippen molar-refractivity contribution in [2.45, 2.75) is 6.61 Å². The highest BCUT2D eigenvalue weighted by Crippen LogP contribution is 2.33. The van der Waals surface area contributed by atoms with Gasteiger partial charge in [0.25, 0.3) is 5.91 Å². The van der Waals surface area contributed by atoms with Gasteiger partial charge in [-0.15, -0.1) is 0 Å². The molecule has 3 aromatic rings. The zero-order chi connectivity index (χ0) is 22.9. The van der Waals surface area contributed by atoms with E-state index >= 15 is 0 Å². The van der Waals surface area contributed by atoms with Gasteiger partial charge in [0.2, 0.25) is 0 Å². The van der Waals surface area contributed by atoms with Gasteiger partial charge in [0.05, 0.1) is 28.4 Å². The van der Waals surface area contributed by atoms with E-state index in [4.69, 9.17) is 49.0 Å². The fraction of sp³-hybridized carbons (Fsp3) is 0.130. The third-order valence-electron chi connectivity index (χ3n) is 4.16. The lowest BCUT2D eigenvalue weighted by Crippen LogP contribution is -2.24. The fourth-order valence-electron chi connectivity index (χ4n) is 2.59. The molecular weight excluding hydrogens is 475 g/mol. The van der Waals surface area contributed by atoms with E-state index in [0.717, 1.165) is 5.56 Å². The number of carbonyl (C=O) groups is 1. The Balaban J connectivity index is 1.53. The van der Waals surface area contributed by atoms with Crippen molar-refractivity contribution in [3.8, 4) is 17.2 Å². The molecule has 0 heterocycles. The van der Waals surface area contributed by atoms with Crippen molar-refractivity contribution < 1.29 is 19.0 Å². The SMILES string of the molecule is COc1cc(C=NNC(=O)COc2cc(Cl)c(Cl)cc2Cl)ccc1OCc1ccccc1. The summed E-state index contributed by atoms with van der Waals surface area (Å²) in [5.74, 6) is 0.924. The summed E-state index contributed by atoms with van der Waals surface area (Å²) in [6, 6.07) is 18.0. The molecule has 6 nitrogen and oxygen atoms in total. The first kappa shape index (κ1) is 23.7. The molecule has 3 aromatic carbocycles. The molecule has 0 aliphatic rings. The van der Waals surface area contributed by atoms with Crippen LogP contribution in [0.2, 0.25) is 15.1 Å².